The Morgan fingerprint density at radius 2 is 1.08 bits per heavy atom. The van der Waals surface area contributed by atoms with Gasteiger partial charge in [-0.1, -0.05) is 109 Å². The molecule has 0 spiro atoms. The molecule has 36 heavy (non-hydrogen) atoms. The van der Waals surface area contributed by atoms with Crippen LogP contribution >= 0.6 is 7.82 Å². The van der Waals surface area contributed by atoms with E-state index in [2.05, 4.69) is 27.7 Å². The van der Waals surface area contributed by atoms with Crippen LogP contribution in [0.1, 0.15) is 83.8 Å². The lowest BCUT2D eigenvalue weighted by atomic mass is 9.87. The molecular weight excluding hydrogens is 467 g/mol. The molecule has 0 aliphatic heterocycles. The Labute approximate surface area is 217 Å². The molecule has 0 aliphatic carbocycles. The molecule has 0 amide bonds. The molecule has 1 atom stereocenters. The molecule has 0 fully saturated rings. The Morgan fingerprint density at radius 3 is 1.61 bits per heavy atom. The molecule has 3 rings (SSSR count). The van der Waals surface area contributed by atoms with E-state index in [-0.39, 0.29) is 5.41 Å². The van der Waals surface area contributed by atoms with Crippen molar-refractivity contribution in [3.05, 3.63) is 90.0 Å². The second kappa shape index (κ2) is 13.6. The lowest BCUT2D eigenvalue weighted by Crippen LogP contribution is -2.11. The maximum Gasteiger partial charge on any atom is 0.647 e. The number of para-hydroxylation sites is 1. The van der Waals surface area contributed by atoms with Gasteiger partial charge < -0.3 is 13.6 Å². The van der Waals surface area contributed by atoms with Crippen LogP contribution in [-0.4, -0.2) is 0 Å². The monoisotopic (exact) mass is 508 g/mol. The van der Waals surface area contributed by atoms with Gasteiger partial charge in [0.1, 0.15) is 17.2 Å². The van der Waals surface area contributed by atoms with E-state index in [1.165, 1.54) is 50.5 Å². The number of hydrogen-bond acceptors (Lipinski definition) is 4. The van der Waals surface area contributed by atoms with Gasteiger partial charge in [-0.25, -0.2) is 0 Å². The standard InChI is InChI=1S/C31H41O4P/c1-5-6-7-8-9-10-12-15-26-18-22-29(23-19-26)34-36(32,33-28-16-13-11-14-17-28)35-30-24-20-27(21-25-30)31(2,3)4/h11,13-14,16-25H,5-10,12,15H2,1-4H3. The topological polar surface area (TPSA) is 44.8 Å². The van der Waals surface area contributed by atoms with Crippen LogP contribution in [0.5, 0.6) is 17.2 Å². The van der Waals surface area contributed by atoms with Crippen molar-refractivity contribution in [3.8, 4) is 17.2 Å². The lowest BCUT2D eigenvalue weighted by Gasteiger charge is -2.21. The predicted molar refractivity (Wildman–Crippen MR) is 149 cm³/mol. The maximum absolute atomic E-state index is 13.7. The minimum absolute atomic E-state index is 0.00998. The second-order valence-electron chi connectivity index (χ2n) is 10.3. The molecule has 4 nitrogen and oxygen atoms in total. The number of rotatable bonds is 14. The van der Waals surface area contributed by atoms with E-state index in [1.54, 1.807) is 24.3 Å². The van der Waals surface area contributed by atoms with Crippen LogP contribution in [-0.2, 0) is 16.4 Å². The van der Waals surface area contributed by atoms with Gasteiger partial charge in [0.25, 0.3) is 0 Å². The van der Waals surface area contributed by atoms with E-state index in [4.69, 9.17) is 13.6 Å². The van der Waals surface area contributed by atoms with Crippen LogP contribution in [0.4, 0.5) is 0 Å². The molecule has 0 saturated carbocycles. The molecule has 0 aromatic heterocycles. The zero-order valence-corrected chi connectivity index (χ0v) is 23.1. The Bertz CT molecular complexity index is 1070. The summed E-state index contributed by atoms with van der Waals surface area (Å²) < 4.78 is 31.2. The van der Waals surface area contributed by atoms with Gasteiger partial charge in [0, 0.05) is 0 Å². The summed E-state index contributed by atoms with van der Waals surface area (Å²) in [5.74, 6) is 1.30. The van der Waals surface area contributed by atoms with Crippen molar-refractivity contribution in [3.63, 3.8) is 0 Å². The van der Waals surface area contributed by atoms with Crippen molar-refractivity contribution < 1.29 is 18.1 Å². The highest BCUT2D eigenvalue weighted by atomic mass is 31.2. The van der Waals surface area contributed by atoms with Crippen LogP contribution in [0.3, 0.4) is 0 Å². The van der Waals surface area contributed by atoms with Crippen LogP contribution in [0.25, 0.3) is 0 Å². The van der Waals surface area contributed by atoms with Gasteiger partial charge >= 0.3 is 7.82 Å². The zero-order chi connectivity index (χ0) is 25.9. The van der Waals surface area contributed by atoms with Gasteiger partial charge in [0.15, 0.2) is 0 Å². The van der Waals surface area contributed by atoms with Crippen LogP contribution in [0.15, 0.2) is 78.9 Å². The van der Waals surface area contributed by atoms with Crippen molar-refractivity contribution in [1.29, 1.82) is 0 Å². The smallest absolute Gasteiger partial charge is 0.386 e. The molecule has 194 valence electrons. The molecule has 1 unspecified atom stereocenters. The quantitative estimate of drug-likeness (QED) is 0.160. The third-order valence-corrected chi connectivity index (χ3v) is 7.41. The number of benzene rings is 3. The average Bonchev–Trinajstić information content (AvgIpc) is 2.85. The summed E-state index contributed by atoms with van der Waals surface area (Å²) in [6.07, 6.45) is 10.1. The highest BCUT2D eigenvalue weighted by Crippen LogP contribution is 2.49. The SMILES string of the molecule is CCCCCCCCCc1ccc(OP(=O)(Oc2ccccc2)Oc2ccc(C(C)(C)C)cc2)cc1. The summed E-state index contributed by atoms with van der Waals surface area (Å²) in [4.78, 5) is 0. The average molecular weight is 509 g/mol. The molecule has 0 N–H and O–H groups in total. The van der Waals surface area contributed by atoms with Gasteiger partial charge in [0.05, 0.1) is 0 Å². The van der Waals surface area contributed by atoms with E-state index in [1.807, 2.05) is 54.6 Å². The number of hydrogen-bond donors (Lipinski definition) is 0. The van der Waals surface area contributed by atoms with Gasteiger partial charge in [-0.3, -0.25) is 0 Å². The number of phosphoric ester groups is 1. The molecule has 3 aromatic carbocycles. The largest absolute Gasteiger partial charge is 0.647 e. The summed E-state index contributed by atoms with van der Waals surface area (Å²) in [5, 5.41) is 0. The summed E-state index contributed by atoms with van der Waals surface area (Å²) in [6, 6.07) is 24.2. The van der Waals surface area contributed by atoms with Crippen LogP contribution in [0.2, 0.25) is 0 Å². The highest BCUT2D eigenvalue weighted by Gasteiger charge is 2.33. The van der Waals surface area contributed by atoms with E-state index in [0.29, 0.717) is 17.2 Å². The molecule has 5 heteroatoms. The van der Waals surface area contributed by atoms with Crippen molar-refractivity contribution in [1.82, 2.24) is 0 Å². The van der Waals surface area contributed by atoms with Gasteiger partial charge in [0.2, 0.25) is 0 Å². The van der Waals surface area contributed by atoms with Crippen molar-refractivity contribution in [2.75, 3.05) is 0 Å². The predicted octanol–water partition coefficient (Wildman–Crippen LogP) is 9.92. The number of aryl methyl sites for hydroxylation is 1. The first kappa shape index (κ1) is 27.9. The molecule has 0 saturated heterocycles. The number of phosphoric acid groups is 1. The minimum atomic E-state index is -4.00. The normalized spacial score (nSPS) is 13.1. The van der Waals surface area contributed by atoms with E-state index < -0.39 is 7.82 Å². The first-order valence-corrected chi connectivity index (χ1v) is 14.7. The summed E-state index contributed by atoms with van der Waals surface area (Å²) >= 11 is 0. The van der Waals surface area contributed by atoms with E-state index in [0.717, 1.165) is 12.0 Å². The van der Waals surface area contributed by atoms with Crippen LogP contribution in [0, 0.1) is 0 Å². The molecule has 0 bridgehead atoms. The fourth-order valence-electron chi connectivity index (χ4n) is 3.94. The molecule has 3 aromatic rings. The Balaban J connectivity index is 1.64. The first-order valence-electron chi connectivity index (χ1n) is 13.2. The van der Waals surface area contributed by atoms with Crippen LogP contribution < -0.4 is 13.6 Å². The maximum atomic E-state index is 13.7. The van der Waals surface area contributed by atoms with E-state index in [9.17, 15) is 4.57 Å². The first-order chi connectivity index (χ1) is 17.3. The fourth-order valence-corrected chi connectivity index (χ4v) is 5.20. The summed E-state index contributed by atoms with van der Waals surface area (Å²) in [6.45, 7) is 8.68. The molecule has 0 aliphatic rings. The van der Waals surface area contributed by atoms with Crippen molar-refractivity contribution in [2.24, 2.45) is 0 Å². The third-order valence-electron chi connectivity index (χ3n) is 6.11. The summed E-state index contributed by atoms with van der Waals surface area (Å²) in [5.41, 5.74) is 2.41. The van der Waals surface area contributed by atoms with Gasteiger partial charge in [-0.05, 0) is 65.8 Å². The fraction of sp³-hybridized carbons (Fsp3) is 0.419. The van der Waals surface area contributed by atoms with E-state index >= 15 is 0 Å². The minimum Gasteiger partial charge on any atom is -0.386 e. The Hall–Kier alpha value is -2.71. The Kier molecular flexibility index (Phi) is 10.5. The number of unbranched alkanes of at least 4 members (excludes halogenated alkanes) is 6. The highest BCUT2D eigenvalue weighted by molar-refractivity contribution is 7.49. The molecule has 0 radical (unpaired) electrons. The van der Waals surface area contributed by atoms with Gasteiger partial charge in [-0.2, -0.15) is 4.57 Å². The van der Waals surface area contributed by atoms with Crippen molar-refractivity contribution in [2.45, 2.75) is 84.5 Å². The lowest BCUT2D eigenvalue weighted by molar-refractivity contribution is 0.298. The molecule has 0 heterocycles. The van der Waals surface area contributed by atoms with Crippen molar-refractivity contribution >= 4 is 7.82 Å². The molecular formula is C31H41O4P. The Morgan fingerprint density at radius 1 is 0.611 bits per heavy atom. The summed E-state index contributed by atoms with van der Waals surface area (Å²) in [7, 11) is -4.00. The zero-order valence-electron chi connectivity index (χ0n) is 22.2. The van der Waals surface area contributed by atoms with Gasteiger partial charge in [-0.15, -0.1) is 0 Å². The third kappa shape index (κ3) is 9.39. The second-order valence-corrected chi connectivity index (χ2v) is 11.8.